The third-order valence-corrected chi connectivity index (χ3v) is 1.77. The maximum Gasteiger partial charge on any atom is 0.407 e. The summed E-state index contributed by atoms with van der Waals surface area (Å²) >= 11 is 0. The number of anilines is 1. The van der Waals surface area contributed by atoms with Crippen molar-refractivity contribution in [1.82, 2.24) is 10.3 Å². The molecule has 100 valence electrons. The second-order valence-electron chi connectivity index (χ2n) is 4.73. The molecule has 1 amide bonds. The molecular formula is C12H19N3O3. The van der Waals surface area contributed by atoms with Crippen LogP contribution in [0.25, 0.3) is 0 Å². The number of amides is 1. The molecule has 0 saturated carbocycles. The molecule has 1 heterocycles. The lowest BCUT2D eigenvalue weighted by molar-refractivity contribution is 0.0520. The lowest BCUT2D eigenvalue weighted by atomic mass is 10.2. The number of nitrogens with two attached hydrogens (primary N) is 1. The van der Waals surface area contributed by atoms with Crippen molar-refractivity contribution in [2.24, 2.45) is 0 Å². The van der Waals surface area contributed by atoms with Gasteiger partial charge >= 0.3 is 6.09 Å². The molecule has 0 fully saturated rings. The molecule has 0 spiro atoms. The van der Waals surface area contributed by atoms with Crippen LogP contribution < -0.4 is 15.8 Å². The summed E-state index contributed by atoms with van der Waals surface area (Å²) in [5.74, 6) is 0.570. The van der Waals surface area contributed by atoms with Crippen LogP contribution in [0.3, 0.4) is 0 Å². The Morgan fingerprint density at radius 2 is 2.17 bits per heavy atom. The number of pyridine rings is 1. The molecule has 6 heteroatoms. The first kappa shape index (κ1) is 14.1. The fourth-order valence-corrected chi connectivity index (χ4v) is 1.15. The van der Waals surface area contributed by atoms with Gasteiger partial charge < -0.3 is 20.5 Å². The summed E-state index contributed by atoms with van der Waals surface area (Å²) in [6.45, 7) is 6.10. The topological polar surface area (TPSA) is 86.5 Å². The highest BCUT2D eigenvalue weighted by atomic mass is 16.6. The van der Waals surface area contributed by atoms with Crippen molar-refractivity contribution >= 4 is 11.8 Å². The van der Waals surface area contributed by atoms with Crippen LogP contribution in [0.15, 0.2) is 18.5 Å². The average Bonchev–Trinajstić information content (AvgIpc) is 2.22. The van der Waals surface area contributed by atoms with E-state index in [4.69, 9.17) is 15.2 Å². The van der Waals surface area contributed by atoms with Gasteiger partial charge in [0.15, 0.2) is 0 Å². The second kappa shape index (κ2) is 6.09. The van der Waals surface area contributed by atoms with E-state index in [1.165, 1.54) is 6.20 Å². The van der Waals surface area contributed by atoms with Gasteiger partial charge in [0, 0.05) is 6.07 Å². The highest BCUT2D eigenvalue weighted by Crippen LogP contribution is 2.11. The van der Waals surface area contributed by atoms with Crippen molar-refractivity contribution in [1.29, 1.82) is 0 Å². The van der Waals surface area contributed by atoms with Gasteiger partial charge in [0.2, 0.25) is 0 Å². The Kier molecular flexibility index (Phi) is 4.76. The highest BCUT2D eigenvalue weighted by Gasteiger charge is 2.15. The van der Waals surface area contributed by atoms with Crippen LogP contribution in [-0.2, 0) is 4.74 Å². The molecule has 1 rings (SSSR count). The number of hydrogen-bond acceptors (Lipinski definition) is 5. The van der Waals surface area contributed by atoms with E-state index in [2.05, 4.69) is 10.3 Å². The Hall–Kier alpha value is -1.98. The zero-order valence-electron chi connectivity index (χ0n) is 10.9. The second-order valence-corrected chi connectivity index (χ2v) is 4.73. The summed E-state index contributed by atoms with van der Waals surface area (Å²) < 4.78 is 10.4. The monoisotopic (exact) mass is 253 g/mol. The van der Waals surface area contributed by atoms with E-state index in [-0.39, 0.29) is 0 Å². The first-order valence-electron chi connectivity index (χ1n) is 5.67. The van der Waals surface area contributed by atoms with Crippen molar-refractivity contribution in [3.8, 4) is 5.75 Å². The van der Waals surface area contributed by atoms with Gasteiger partial charge in [-0.15, -0.1) is 0 Å². The molecule has 0 aliphatic heterocycles. The number of carbonyl (C=O) groups excluding carboxylic acids is 1. The minimum atomic E-state index is -0.497. The fraction of sp³-hybridized carbons (Fsp3) is 0.500. The van der Waals surface area contributed by atoms with Crippen molar-refractivity contribution in [2.75, 3.05) is 18.9 Å². The summed E-state index contributed by atoms with van der Waals surface area (Å²) in [6, 6.07) is 1.67. The number of nitrogen functional groups attached to an aromatic ring is 1. The van der Waals surface area contributed by atoms with E-state index < -0.39 is 11.7 Å². The fourth-order valence-electron chi connectivity index (χ4n) is 1.15. The maximum atomic E-state index is 11.3. The Balaban J connectivity index is 2.21. The number of alkyl carbamates (subject to hydrolysis) is 1. The molecule has 0 aliphatic rings. The summed E-state index contributed by atoms with van der Waals surface area (Å²) in [6.07, 6.45) is 2.63. The van der Waals surface area contributed by atoms with E-state index in [0.717, 1.165) is 0 Å². The summed E-state index contributed by atoms with van der Waals surface area (Å²) in [5, 5.41) is 2.59. The number of aromatic nitrogens is 1. The Morgan fingerprint density at radius 3 is 2.78 bits per heavy atom. The molecule has 0 saturated heterocycles. The van der Waals surface area contributed by atoms with Crippen molar-refractivity contribution < 1.29 is 14.3 Å². The Morgan fingerprint density at radius 1 is 1.44 bits per heavy atom. The van der Waals surface area contributed by atoms with Crippen LogP contribution in [0.4, 0.5) is 10.5 Å². The van der Waals surface area contributed by atoms with E-state index in [1.807, 2.05) is 20.8 Å². The first-order valence-corrected chi connectivity index (χ1v) is 5.67. The largest absolute Gasteiger partial charge is 0.490 e. The van der Waals surface area contributed by atoms with Gasteiger partial charge in [-0.25, -0.2) is 4.79 Å². The first-order chi connectivity index (χ1) is 8.37. The number of rotatable bonds is 4. The van der Waals surface area contributed by atoms with E-state index in [1.54, 1.807) is 12.3 Å². The lowest BCUT2D eigenvalue weighted by Gasteiger charge is -2.19. The molecule has 0 unspecified atom stereocenters. The Bertz CT molecular complexity index is 402. The predicted octanol–water partition coefficient (Wildman–Crippen LogP) is 1.57. The minimum absolute atomic E-state index is 0.324. The van der Waals surface area contributed by atoms with E-state index in [9.17, 15) is 4.79 Å². The zero-order chi connectivity index (χ0) is 13.6. The van der Waals surface area contributed by atoms with E-state index in [0.29, 0.717) is 24.6 Å². The van der Waals surface area contributed by atoms with Crippen LogP contribution in [-0.4, -0.2) is 29.8 Å². The van der Waals surface area contributed by atoms with Crippen LogP contribution in [0, 0.1) is 0 Å². The van der Waals surface area contributed by atoms with E-state index >= 15 is 0 Å². The third kappa shape index (κ3) is 5.93. The molecule has 6 nitrogen and oxygen atoms in total. The molecule has 1 aromatic heterocycles. The molecular weight excluding hydrogens is 234 g/mol. The number of nitrogens with one attached hydrogen (secondary N) is 1. The average molecular weight is 253 g/mol. The van der Waals surface area contributed by atoms with Gasteiger partial charge in [-0.05, 0) is 20.8 Å². The summed E-state index contributed by atoms with van der Waals surface area (Å²) in [5.41, 5.74) is 5.59. The quantitative estimate of drug-likeness (QED) is 0.795. The molecule has 0 aliphatic carbocycles. The smallest absolute Gasteiger partial charge is 0.407 e. The summed E-state index contributed by atoms with van der Waals surface area (Å²) in [4.78, 5) is 15.2. The molecule has 0 aromatic carbocycles. The van der Waals surface area contributed by atoms with Crippen molar-refractivity contribution in [2.45, 2.75) is 26.4 Å². The minimum Gasteiger partial charge on any atom is -0.490 e. The Labute approximate surface area is 106 Å². The van der Waals surface area contributed by atoms with Gasteiger partial charge in [0.05, 0.1) is 24.6 Å². The molecule has 0 atom stereocenters. The zero-order valence-corrected chi connectivity index (χ0v) is 10.9. The highest BCUT2D eigenvalue weighted by molar-refractivity contribution is 5.67. The summed E-state index contributed by atoms with van der Waals surface area (Å²) in [7, 11) is 0. The number of hydrogen-bond donors (Lipinski definition) is 2. The van der Waals surface area contributed by atoms with Gasteiger partial charge in [0.1, 0.15) is 18.0 Å². The van der Waals surface area contributed by atoms with Crippen LogP contribution in [0.1, 0.15) is 20.8 Å². The molecule has 18 heavy (non-hydrogen) atoms. The predicted molar refractivity (Wildman–Crippen MR) is 68.4 cm³/mol. The van der Waals surface area contributed by atoms with Crippen LogP contribution >= 0.6 is 0 Å². The van der Waals surface area contributed by atoms with Crippen LogP contribution in [0.2, 0.25) is 0 Å². The van der Waals surface area contributed by atoms with Crippen molar-refractivity contribution in [3.63, 3.8) is 0 Å². The third-order valence-electron chi connectivity index (χ3n) is 1.77. The maximum absolute atomic E-state index is 11.3. The van der Waals surface area contributed by atoms with Gasteiger partial charge in [-0.2, -0.15) is 0 Å². The van der Waals surface area contributed by atoms with Gasteiger partial charge in [-0.1, -0.05) is 0 Å². The SMILES string of the molecule is CC(C)(C)OC(=O)NCCOc1cncc(N)c1. The molecule has 0 radical (unpaired) electrons. The molecule has 1 aromatic rings. The normalized spacial score (nSPS) is 10.8. The standard InChI is InChI=1S/C12H19N3O3/c1-12(2,3)18-11(16)15-4-5-17-10-6-9(13)7-14-8-10/h6-8H,4-5,13H2,1-3H3,(H,15,16). The van der Waals surface area contributed by atoms with Crippen LogP contribution in [0.5, 0.6) is 5.75 Å². The number of nitrogens with zero attached hydrogens (tertiary/aromatic N) is 1. The molecule has 3 N–H and O–H groups in total. The molecule has 0 bridgehead atoms. The van der Waals surface area contributed by atoms with Gasteiger partial charge in [-0.3, -0.25) is 4.98 Å². The van der Waals surface area contributed by atoms with Gasteiger partial charge in [0.25, 0.3) is 0 Å². The van der Waals surface area contributed by atoms with Crippen molar-refractivity contribution in [3.05, 3.63) is 18.5 Å². The lowest BCUT2D eigenvalue weighted by Crippen LogP contribution is -2.34. The number of ether oxygens (including phenoxy) is 2. The number of carbonyl (C=O) groups is 1.